The monoisotopic (exact) mass is 225 g/mol. The minimum Gasteiger partial charge on any atom is -0.214 e. The highest BCUT2D eigenvalue weighted by Crippen LogP contribution is 2.22. The number of nitrogens with one attached hydrogen (secondary N) is 1. The lowest BCUT2D eigenvalue weighted by Crippen LogP contribution is -2.17. The van der Waals surface area contributed by atoms with Crippen LogP contribution in [0.3, 0.4) is 0 Å². The Balaban J connectivity index is 3.05. The van der Waals surface area contributed by atoms with Crippen LogP contribution in [-0.4, -0.2) is 15.5 Å². The van der Waals surface area contributed by atoms with Crippen molar-refractivity contribution in [2.45, 2.75) is 10.1 Å². The van der Waals surface area contributed by atoms with Gasteiger partial charge in [-0.25, -0.2) is 13.1 Å². The van der Waals surface area contributed by atoms with E-state index in [1.54, 1.807) is 12.1 Å². The number of hydrogen-bond acceptors (Lipinski definition) is 3. The van der Waals surface area contributed by atoms with Crippen molar-refractivity contribution in [1.82, 2.24) is 4.72 Å². The van der Waals surface area contributed by atoms with Gasteiger partial charge >= 0.3 is 0 Å². The molecule has 0 saturated heterocycles. The summed E-state index contributed by atoms with van der Waals surface area (Å²) in [6, 6.07) is 3.26. The second-order valence-corrected chi connectivity index (χ2v) is 5.61. The zero-order valence-corrected chi connectivity index (χ0v) is 8.76. The van der Waals surface area contributed by atoms with Crippen LogP contribution in [0.25, 0.3) is 0 Å². The predicted molar refractivity (Wildman–Crippen MR) is 50.1 cm³/mol. The van der Waals surface area contributed by atoms with E-state index in [4.69, 9.17) is 11.6 Å². The van der Waals surface area contributed by atoms with Crippen molar-refractivity contribution < 1.29 is 8.42 Å². The molecule has 1 aromatic rings. The Labute approximate surface area is 80.4 Å². The van der Waals surface area contributed by atoms with Crippen LogP contribution in [-0.2, 0) is 15.9 Å². The number of rotatable bonds is 3. The lowest BCUT2D eigenvalue weighted by atomic mass is 10.5. The molecular weight excluding hydrogens is 218 g/mol. The Morgan fingerprint density at radius 2 is 2.25 bits per heavy atom. The number of thiophene rings is 1. The zero-order valence-electron chi connectivity index (χ0n) is 6.37. The Morgan fingerprint density at radius 3 is 2.67 bits per heavy atom. The fraction of sp³-hybridized carbons (Fsp3) is 0.333. The first-order valence-corrected chi connectivity index (χ1v) is 6.02. The average molecular weight is 226 g/mol. The molecule has 1 rings (SSSR count). The summed E-state index contributed by atoms with van der Waals surface area (Å²) in [6.07, 6.45) is 0. The molecule has 1 aromatic heterocycles. The highest BCUT2D eigenvalue weighted by molar-refractivity contribution is 7.91. The first kappa shape index (κ1) is 9.98. The minimum atomic E-state index is -3.28. The fourth-order valence-corrected chi connectivity index (χ4v) is 2.97. The fourth-order valence-electron chi connectivity index (χ4n) is 0.675. The van der Waals surface area contributed by atoms with Crippen LogP contribution in [0.15, 0.2) is 16.3 Å². The van der Waals surface area contributed by atoms with E-state index in [0.29, 0.717) is 10.1 Å². The van der Waals surface area contributed by atoms with Crippen LogP contribution in [0.4, 0.5) is 0 Å². The lowest BCUT2D eigenvalue weighted by molar-refractivity contribution is 0.590. The van der Waals surface area contributed by atoms with Gasteiger partial charge in [-0.3, -0.25) is 0 Å². The lowest BCUT2D eigenvalue weighted by Gasteiger charge is -1.95. The Bertz CT molecular complexity index is 357. The van der Waals surface area contributed by atoms with Gasteiger partial charge in [0.2, 0.25) is 10.0 Å². The molecule has 0 aliphatic carbocycles. The Morgan fingerprint density at radius 1 is 1.58 bits per heavy atom. The molecule has 12 heavy (non-hydrogen) atoms. The van der Waals surface area contributed by atoms with Gasteiger partial charge in [0.25, 0.3) is 0 Å². The number of sulfonamides is 1. The minimum absolute atomic E-state index is 0.306. The maximum absolute atomic E-state index is 11.2. The number of hydrogen-bond donors (Lipinski definition) is 1. The molecule has 68 valence electrons. The molecule has 0 aromatic carbocycles. The highest BCUT2D eigenvalue weighted by Gasteiger charge is 2.13. The van der Waals surface area contributed by atoms with Crippen molar-refractivity contribution in [3.05, 3.63) is 17.0 Å². The van der Waals surface area contributed by atoms with Crippen LogP contribution in [0.2, 0.25) is 0 Å². The molecule has 0 radical (unpaired) electrons. The van der Waals surface area contributed by atoms with Crippen molar-refractivity contribution in [2.24, 2.45) is 0 Å². The van der Waals surface area contributed by atoms with Crippen molar-refractivity contribution in [2.75, 3.05) is 7.05 Å². The summed E-state index contributed by atoms with van der Waals surface area (Å²) < 4.78 is 24.9. The zero-order chi connectivity index (χ0) is 9.19. The van der Waals surface area contributed by atoms with Gasteiger partial charge in [-0.2, -0.15) is 0 Å². The summed E-state index contributed by atoms with van der Waals surface area (Å²) in [6.45, 7) is 0. The van der Waals surface area contributed by atoms with Crippen LogP contribution in [0.5, 0.6) is 0 Å². The number of alkyl halides is 1. The first-order chi connectivity index (χ1) is 5.60. The van der Waals surface area contributed by atoms with E-state index < -0.39 is 10.0 Å². The van der Waals surface area contributed by atoms with E-state index in [-0.39, 0.29) is 0 Å². The molecule has 0 fully saturated rings. The largest absolute Gasteiger partial charge is 0.249 e. The van der Waals surface area contributed by atoms with E-state index in [9.17, 15) is 8.42 Å². The molecule has 1 heterocycles. The van der Waals surface area contributed by atoms with Crippen LogP contribution in [0, 0.1) is 0 Å². The quantitative estimate of drug-likeness (QED) is 0.791. The molecule has 0 unspecified atom stereocenters. The third kappa shape index (κ3) is 1.98. The first-order valence-electron chi connectivity index (χ1n) is 3.18. The molecule has 0 aliphatic rings. The maximum Gasteiger partial charge on any atom is 0.249 e. The second-order valence-electron chi connectivity index (χ2n) is 2.06. The summed E-state index contributed by atoms with van der Waals surface area (Å²) >= 11 is 6.71. The normalized spacial score (nSPS) is 11.8. The summed E-state index contributed by atoms with van der Waals surface area (Å²) in [4.78, 5) is 0.852. The third-order valence-corrected chi connectivity index (χ3v) is 4.74. The summed E-state index contributed by atoms with van der Waals surface area (Å²) in [5, 5.41) is 0. The molecule has 0 bridgehead atoms. The molecule has 0 saturated carbocycles. The van der Waals surface area contributed by atoms with Gasteiger partial charge in [0, 0.05) is 4.88 Å². The highest BCUT2D eigenvalue weighted by atomic mass is 35.5. The molecule has 0 atom stereocenters. The van der Waals surface area contributed by atoms with Gasteiger partial charge in [-0.05, 0) is 19.2 Å². The van der Waals surface area contributed by atoms with Crippen molar-refractivity contribution in [3.8, 4) is 0 Å². The summed E-state index contributed by atoms with van der Waals surface area (Å²) in [5.41, 5.74) is 0. The topological polar surface area (TPSA) is 46.2 Å². The van der Waals surface area contributed by atoms with Crippen molar-refractivity contribution >= 4 is 33.0 Å². The average Bonchev–Trinajstić information content (AvgIpc) is 2.52. The van der Waals surface area contributed by atoms with E-state index in [0.717, 1.165) is 4.88 Å². The van der Waals surface area contributed by atoms with Crippen LogP contribution >= 0.6 is 22.9 Å². The SMILES string of the molecule is CNS(=O)(=O)c1ccc(CCl)s1. The van der Waals surface area contributed by atoms with Crippen LogP contribution < -0.4 is 4.72 Å². The third-order valence-electron chi connectivity index (χ3n) is 1.30. The predicted octanol–water partition coefficient (Wildman–Crippen LogP) is 1.40. The smallest absolute Gasteiger partial charge is 0.214 e. The maximum atomic E-state index is 11.2. The summed E-state index contributed by atoms with van der Waals surface area (Å²) in [7, 11) is -1.89. The molecule has 3 nitrogen and oxygen atoms in total. The molecular formula is C6H8ClNO2S2. The molecule has 0 amide bonds. The number of halogens is 1. The van der Waals surface area contributed by atoms with Crippen LogP contribution in [0.1, 0.15) is 4.88 Å². The van der Waals surface area contributed by atoms with E-state index in [2.05, 4.69) is 4.72 Å². The van der Waals surface area contributed by atoms with E-state index in [1.165, 1.54) is 18.4 Å². The van der Waals surface area contributed by atoms with Crippen molar-refractivity contribution in [1.29, 1.82) is 0 Å². The Kier molecular flexibility index (Phi) is 3.11. The molecule has 1 N–H and O–H groups in total. The van der Waals surface area contributed by atoms with E-state index in [1.807, 2.05) is 0 Å². The van der Waals surface area contributed by atoms with Gasteiger partial charge in [-0.1, -0.05) is 0 Å². The standard InChI is InChI=1S/C6H8ClNO2S2/c1-8-12(9,10)6-3-2-5(4-7)11-6/h2-3,8H,4H2,1H3. The van der Waals surface area contributed by atoms with Gasteiger partial charge < -0.3 is 0 Å². The van der Waals surface area contributed by atoms with Gasteiger partial charge in [0.1, 0.15) is 4.21 Å². The van der Waals surface area contributed by atoms with Gasteiger partial charge in [0.05, 0.1) is 5.88 Å². The second kappa shape index (κ2) is 3.74. The van der Waals surface area contributed by atoms with Gasteiger partial charge in [-0.15, -0.1) is 22.9 Å². The Hall–Kier alpha value is -0.100. The molecule has 0 spiro atoms. The van der Waals surface area contributed by atoms with Crippen molar-refractivity contribution in [3.63, 3.8) is 0 Å². The van der Waals surface area contributed by atoms with E-state index >= 15 is 0 Å². The summed E-state index contributed by atoms with van der Waals surface area (Å²) in [5.74, 6) is 0.351. The molecule has 6 heteroatoms. The van der Waals surface area contributed by atoms with Gasteiger partial charge in [0.15, 0.2) is 0 Å². The molecule has 0 aliphatic heterocycles.